The van der Waals surface area contributed by atoms with Crippen molar-refractivity contribution in [1.82, 2.24) is 9.80 Å². The molecular formula is C21H30N4O3S. The van der Waals surface area contributed by atoms with Gasteiger partial charge >= 0.3 is 0 Å². The van der Waals surface area contributed by atoms with Crippen LogP contribution in [0.2, 0.25) is 0 Å². The van der Waals surface area contributed by atoms with Gasteiger partial charge in [0.2, 0.25) is 0 Å². The zero-order chi connectivity index (χ0) is 21.6. The number of nitriles is 1. The summed E-state index contributed by atoms with van der Waals surface area (Å²) in [5.41, 5.74) is 1.74. The van der Waals surface area contributed by atoms with Crippen molar-refractivity contribution in [2.75, 3.05) is 44.0 Å². The number of carbonyl (C=O) groups excluding carboxylic acids is 1. The predicted octanol–water partition coefficient (Wildman–Crippen LogP) is 2.21. The molecule has 1 heterocycles. The summed E-state index contributed by atoms with van der Waals surface area (Å²) in [6.07, 6.45) is 2.01. The molecule has 0 aromatic heterocycles. The number of amides is 1. The molecule has 7 nitrogen and oxygen atoms in total. The Labute approximate surface area is 173 Å². The standard InChI is InChI=1S/C21H30N4O3S/c1-16(2)17-5-7-19(8-6-17)23-21(26)18(13-22)14-25(11-10-24(3)4)20-9-12-29(27,28)15-20/h5-8,14,16,20H,9-12,15H2,1-4H3,(H,23,26)/b18-14-. The van der Waals surface area contributed by atoms with E-state index in [9.17, 15) is 18.5 Å². The lowest BCUT2D eigenvalue weighted by atomic mass is 10.0. The van der Waals surface area contributed by atoms with Gasteiger partial charge in [0.1, 0.15) is 11.6 Å². The van der Waals surface area contributed by atoms with Crippen LogP contribution in [0, 0.1) is 11.3 Å². The van der Waals surface area contributed by atoms with Crippen LogP contribution in [0.1, 0.15) is 31.7 Å². The fourth-order valence-corrected chi connectivity index (χ4v) is 4.90. The van der Waals surface area contributed by atoms with Crippen LogP contribution in [0.15, 0.2) is 36.0 Å². The van der Waals surface area contributed by atoms with E-state index in [1.807, 2.05) is 54.2 Å². The van der Waals surface area contributed by atoms with Crippen molar-refractivity contribution in [3.05, 3.63) is 41.6 Å². The summed E-state index contributed by atoms with van der Waals surface area (Å²) in [7, 11) is 0.776. The summed E-state index contributed by atoms with van der Waals surface area (Å²) in [4.78, 5) is 16.4. The van der Waals surface area contributed by atoms with Crippen LogP contribution in [-0.4, -0.2) is 68.9 Å². The fourth-order valence-electron chi connectivity index (χ4n) is 3.16. The Morgan fingerprint density at radius 2 is 1.93 bits per heavy atom. The smallest absolute Gasteiger partial charge is 0.267 e. The normalized spacial score (nSPS) is 18.7. The van der Waals surface area contributed by atoms with Gasteiger partial charge in [-0.3, -0.25) is 4.79 Å². The molecule has 1 aliphatic rings. The second-order valence-corrected chi connectivity index (χ2v) is 10.2. The molecule has 0 spiro atoms. The highest BCUT2D eigenvalue weighted by atomic mass is 32.2. The van der Waals surface area contributed by atoms with E-state index in [1.54, 1.807) is 0 Å². The van der Waals surface area contributed by atoms with Crippen LogP contribution in [0.25, 0.3) is 0 Å². The van der Waals surface area contributed by atoms with Crippen LogP contribution < -0.4 is 5.32 Å². The lowest BCUT2D eigenvalue weighted by Gasteiger charge is -2.28. The van der Waals surface area contributed by atoms with E-state index in [0.717, 1.165) is 5.56 Å². The highest BCUT2D eigenvalue weighted by molar-refractivity contribution is 7.91. The molecule has 1 aromatic rings. The van der Waals surface area contributed by atoms with Gasteiger partial charge in [-0.05, 0) is 44.1 Å². The van der Waals surface area contributed by atoms with E-state index >= 15 is 0 Å². The average Bonchev–Trinajstić information content (AvgIpc) is 3.01. The molecule has 0 bridgehead atoms. The van der Waals surface area contributed by atoms with Crippen molar-refractivity contribution in [3.8, 4) is 6.07 Å². The molecule has 1 amide bonds. The third-order valence-electron chi connectivity index (χ3n) is 4.98. The molecule has 0 radical (unpaired) electrons. The minimum Gasteiger partial charge on any atom is -0.371 e. The molecule has 1 aromatic carbocycles. The number of nitrogens with zero attached hydrogens (tertiary/aromatic N) is 3. The van der Waals surface area contributed by atoms with Crippen molar-refractivity contribution in [1.29, 1.82) is 5.26 Å². The number of likely N-dealkylation sites (N-methyl/N-ethyl adjacent to an activating group) is 1. The summed E-state index contributed by atoms with van der Waals surface area (Å²) in [6.45, 7) is 5.41. The Hall–Kier alpha value is -2.37. The maximum atomic E-state index is 12.6. The van der Waals surface area contributed by atoms with Gasteiger partial charge in [0.15, 0.2) is 9.84 Å². The number of rotatable bonds is 8. The Bertz CT molecular complexity index is 883. The third kappa shape index (κ3) is 6.87. The van der Waals surface area contributed by atoms with Crippen LogP contribution >= 0.6 is 0 Å². The van der Waals surface area contributed by atoms with Gasteiger partial charge in [-0.1, -0.05) is 26.0 Å². The highest BCUT2D eigenvalue weighted by Crippen LogP contribution is 2.20. The van der Waals surface area contributed by atoms with Crippen molar-refractivity contribution >= 4 is 21.4 Å². The largest absolute Gasteiger partial charge is 0.371 e. The number of benzene rings is 1. The maximum absolute atomic E-state index is 12.6. The maximum Gasteiger partial charge on any atom is 0.267 e. The van der Waals surface area contributed by atoms with Crippen molar-refractivity contribution < 1.29 is 13.2 Å². The molecule has 1 unspecified atom stereocenters. The first-order valence-electron chi connectivity index (χ1n) is 9.75. The molecule has 29 heavy (non-hydrogen) atoms. The molecule has 1 fully saturated rings. The summed E-state index contributed by atoms with van der Waals surface area (Å²) >= 11 is 0. The quantitative estimate of drug-likeness (QED) is 0.514. The topological polar surface area (TPSA) is 93.5 Å². The van der Waals surface area contributed by atoms with Gasteiger partial charge in [0.25, 0.3) is 5.91 Å². The first-order chi connectivity index (χ1) is 13.6. The van der Waals surface area contributed by atoms with Gasteiger partial charge in [-0.2, -0.15) is 5.26 Å². The van der Waals surface area contributed by atoms with E-state index in [0.29, 0.717) is 31.1 Å². The fraction of sp³-hybridized carbons (Fsp3) is 0.524. The van der Waals surface area contributed by atoms with Crippen molar-refractivity contribution in [2.24, 2.45) is 0 Å². The second kappa shape index (κ2) is 9.90. The molecular weight excluding hydrogens is 388 g/mol. The van der Waals surface area contributed by atoms with Crippen molar-refractivity contribution in [2.45, 2.75) is 32.2 Å². The SMILES string of the molecule is CC(C)c1ccc(NC(=O)/C(C#N)=C\N(CCN(C)C)C2CCS(=O)(=O)C2)cc1. The average molecular weight is 419 g/mol. The van der Waals surface area contributed by atoms with E-state index in [2.05, 4.69) is 19.2 Å². The number of nitrogens with one attached hydrogen (secondary N) is 1. The summed E-state index contributed by atoms with van der Waals surface area (Å²) in [5.74, 6) is 0.0801. The van der Waals surface area contributed by atoms with Crippen LogP contribution in [-0.2, 0) is 14.6 Å². The van der Waals surface area contributed by atoms with E-state index in [4.69, 9.17) is 0 Å². The molecule has 0 aliphatic carbocycles. The molecule has 1 atom stereocenters. The van der Waals surface area contributed by atoms with E-state index < -0.39 is 15.7 Å². The molecule has 1 N–H and O–H groups in total. The molecule has 158 valence electrons. The lowest BCUT2D eigenvalue weighted by Crippen LogP contribution is -2.37. The van der Waals surface area contributed by atoms with Crippen LogP contribution in [0.4, 0.5) is 5.69 Å². The van der Waals surface area contributed by atoms with Crippen LogP contribution in [0.3, 0.4) is 0 Å². The zero-order valence-corrected chi connectivity index (χ0v) is 18.4. The second-order valence-electron chi connectivity index (χ2n) is 7.98. The van der Waals surface area contributed by atoms with Gasteiger partial charge in [0, 0.05) is 31.0 Å². The first kappa shape index (κ1) is 22.9. The van der Waals surface area contributed by atoms with Gasteiger partial charge < -0.3 is 15.1 Å². The van der Waals surface area contributed by atoms with E-state index in [1.165, 1.54) is 6.20 Å². The van der Waals surface area contributed by atoms with Gasteiger partial charge in [-0.25, -0.2) is 8.42 Å². The number of hydrogen-bond donors (Lipinski definition) is 1. The third-order valence-corrected chi connectivity index (χ3v) is 6.73. The summed E-state index contributed by atoms with van der Waals surface area (Å²) in [5, 5.41) is 12.3. The summed E-state index contributed by atoms with van der Waals surface area (Å²) in [6, 6.07) is 9.26. The summed E-state index contributed by atoms with van der Waals surface area (Å²) < 4.78 is 23.8. The lowest BCUT2D eigenvalue weighted by molar-refractivity contribution is -0.112. The Morgan fingerprint density at radius 1 is 1.28 bits per heavy atom. The molecule has 1 saturated heterocycles. The number of sulfone groups is 1. The Morgan fingerprint density at radius 3 is 2.41 bits per heavy atom. The number of anilines is 1. The molecule has 2 rings (SSSR count). The van der Waals surface area contributed by atoms with Crippen LogP contribution in [0.5, 0.6) is 0 Å². The van der Waals surface area contributed by atoms with Gasteiger partial charge in [0.05, 0.1) is 11.5 Å². The van der Waals surface area contributed by atoms with Gasteiger partial charge in [-0.15, -0.1) is 0 Å². The predicted molar refractivity (Wildman–Crippen MR) is 115 cm³/mol. The monoisotopic (exact) mass is 418 g/mol. The van der Waals surface area contributed by atoms with E-state index in [-0.39, 0.29) is 23.1 Å². The minimum absolute atomic E-state index is 0.0407. The number of hydrogen-bond acceptors (Lipinski definition) is 6. The van der Waals surface area contributed by atoms with Crippen molar-refractivity contribution in [3.63, 3.8) is 0 Å². The molecule has 8 heteroatoms. The Balaban J connectivity index is 2.17. The zero-order valence-electron chi connectivity index (χ0n) is 17.6. The molecule has 1 aliphatic heterocycles. The first-order valence-corrected chi connectivity index (χ1v) is 11.6. The Kier molecular flexibility index (Phi) is 7.82. The minimum atomic E-state index is -3.07. The highest BCUT2D eigenvalue weighted by Gasteiger charge is 2.31. The number of carbonyl (C=O) groups is 1. The molecule has 0 saturated carbocycles.